The van der Waals surface area contributed by atoms with E-state index in [-0.39, 0.29) is 17.8 Å². The second kappa shape index (κ2) is 9.00. The maximum Gasteiger partial charge on any atom is 0.350 e. The summed E-state index contributed by atoms with van der Waals surface area (Å²) in [7, 11) is 1.39. The lowest BCUT2D eigenvalue weighted by atomic mass is 9.82. The van der Waals surface area contributed by atoms with E-state index in [4.69, 9.17) is 9.47 Å². The van der Waals surface area contributed by atoms with Crippen LogP contribution in [-0.2, 0) is 14.3 Å². The SMILES string of the molecule is COC(=O)c1sccc1N(CC1CCOCC1)C(=O)C1CCC(C)CC1. The Balaban J connectivity index is 1.82. The zero-order valence-electron chi connectivity index (χ0n) is 15.7. The molecule has 1 aromatic rings. The Bertz CT molecular complexity index is 615. The predicted octanol–water partition coefficient (Wildman–Crippen LogP) is 4.12. The molecule has 0 unspecified atom stereocenters. The van der Waals surface area contributed by atoms with E-state index < -0.39 is 0 Å². The number of carbonyl (C=O) groups is 2. The van der Waals surface area contributed by atoms with Gasteiger partial charge in [0.15, 0.2) is 0 Å². The van der Waals surface area contributed by atoms with Gasteiger partial charge in [-0.3, -0.25) is 4.79 Å². The van der Waals surface area contributed by atoms with Gasteiger partial charge >= 0.3 is 5.97 Å². The third-order valence-electron chi connectivity index (χ3n) is 5.72. The molecule has 3 rings (SSSR count). The first-order valence-electron chi connectivity index (χ1n) is 9.65. The van der Waals surface area contributed by atoms with E-state index in [1.807, 2.05) is 16.3 Å². The van der Waals surface area contributed by atoms with Gasteiger partial charge in [0.2, 0.25) is 5.91 Å². The van der Waals surface area contributed by atoms with Gasteiger partial charge < -0.3 is 14.4 Å². The van der Waals surface area contributed by atoms with E-state index in [9.17, 15) is 9.59 Å². The fourth-order valence-corrected chi connectivity index (χ4v) is 4.79. The minimum Gasteiger partial charge on any atom is -0.465 e. The molecule has 0 spiro atoms. The fraction of sp³-hybridized carbons (Fsp3) is 0.700. The average molecular weight is 380 g/mol. The van der Waals surface area contributed by atoms with Crippen molar-refractivity contribution in [3.05, 3.63) is 16.3 Å². The molecule has 6 heteroatoms. The topological polar surface area (TPSA) is 55.8 Å². The Kier molecular flexibility index (Phi) is 6.70. The average Bonchev–Trinajstić information content (AvgIpc) is 3.16. The van der Waals surface area contributed by atoms with Gasteiger partial charge in [0, 0.05) is 25.7 Å². The molecule has 26 heavy (non-hydrogen) atoms. The molecule has 0 bridgehead atoms. The summed E-state index contributed by atoms with van der Waals surface area (Å²) >= 11 is 1.34. The van der Waals surface area contributed by atoms with Gasteiger partial charge in [0.25, 0.3) is 0 Å². The summed E-state index contributed by atoms with van der Waals surface area (Å²) in [6.45, 7) is 4.42. The molecule has 1 amide bonds. The first kappa shape index (κ1) is 19.4. The minimum absolute atomic E-state index is 0.0661. The molecule has 0 aromatic carbocycles. The van der Waals surface area contributed by atoms with Crippen molar-refractivity contribution in [2.24, 2.45) is 17.8 Å². The molecule has 2 fully saturated rings. The normalized spacial score (nSPS) is 24.2. The molecule has 2 aliphatic rings. The van der Waals surface area contributed by atoms with E-state index in [1.165, 1.54) is 18.4 Å². The Morgan fingerprint density at radius 2 is 1.88 bits per heavy atom. The largest absolute Gasteiger partial charge is 0.465 e. The predicted molar refractivity (Wildman–Crippen MR) is 103 cm³/mol. The second-order valence-corrected chi connectivity index (χ2v) is 8.50. The molecule has 5 nitrogen and oxygen atoms in total. The summed E-state index contributed by atoms with van der Waals surface area (Å²) in [5.74, 6) is 0.996. The lowest BCUT2D eigenvalue weighted by Gasteiger charge is -2.34. The van der Waals surface area contributed by atoms with Crippen LogP contribution in [0.25, 0.3) is 0 Å². The standard InChI is InChI=1S/C20H29NO4S/c1-14-3-5-16(6-4-14)19(22)21(13-15-7-10-25-11-8-15)17-9-12-26-18(17)20(23)24-2/h9,12,14-16H,3-8,10-11,13H2,1-2H3. The van der Waals surface area contributed by atoms with Gasteiger partial charge in [-0.15, -0.1) is 11.3 Å². The van der Waals surface area contributed by atoms with Gasteiger partial charge in [-0.25, -0.2) is 4.79 Å². The van der Waals surface area contributed by atoms with Crippen LogP contribution in [0.2, 0.25) is 0 Å². The van der Waals surface area contributed by atoms with Gasteiger partial charge in [-0.2, -0.15) is 0 Å². The number of nitrogens with zero attached hydrogens (tertiary/aromatic N) is 1. The van der Waals surface area contributed by atoms with Crippen molar-refractivity contribution >= 4 is 28.9 Å². The summed E-state index contributed by atoms with van der Waals surface area (Å²) < 4.78 is 10.4. The molecule has 0 atom stereocenters. The molecule has 0 radical (unpaired) electrons. The molecule has 1 aromatic heterocycles. The van der Waals surface area contributed by atoms with Crippen LogP contribution >= 0.6 is 11.3 Å². The zero-order valence-corrected chi connectivity index (χ0v) is 16.6. The summed E-state index contributed by atoms with van der Waals surface area (Å²) in [4.78, 5) is 28.0. The summed E-state index contributed by atoms with van der Waals surface area (Å²) in [5.41, 5.74) is 0.719. The quantitative estimate of drug-likeness (QED) is 0.722. The Morgan fingerprint density at radius 1 is 1.19 bits per heavy atom. The van der Waals surface area contributed by atoms with Crippen LogP contribution in [0.3, 0.4) is 0 Å². The van der Waals surface area contributed by atoms with Crippen LogP contribution in [0.4, 0.5) is 5.69 Å². The number of methoxy groups -OCH3 is 1. The molecule has 0 N–H and O–H groups in total. The smallest absolute Gasteiger partial charge is 0.350 e. The van der Waals surface area contributed by atoms with E-state index in [0.717, 1.165) is 57.4 Å². The monoisotopic (exact) mass is 379 g/mol. The van der Waals surface area contributed by atoms with Gasteiger partial charge in [-0.05, 0) is 61.8 Å². The fourth-order valence-electron chi connectivity index (χ4n) is 3.98. The van der Waals surface area contributed by atoms with Crippen LogP contribution in [0.1, 0.15) is 55.1 Å². The van der Waals surface area contributed by atoms with Crippen LogP contribution in [-0.4, -0.2) is 38.7 Å². The molecule has 1 saturated heterocycles. The van der Waals surface area contributed by atoms with Crippen molar-refractivity contribution in [2.75, 3.05) is 31.8 Å². The van der Waals surface area contributed by atoms with E-state index in [1.54, 1.807) is 0 Å². The number of hydrogen-bond acceptors (Lipinski definition) is 5. The van der Waals surface area contributed by atoms with Crippen LogP contribution in [0.15, 0.2) is 11.4 Å². The number of esters is 1. The highest BCUT2D eigenvalue weighted by Gasteiger charge is 2.33. The van der Waals surface area contributed by atoms with Crippen molar-refractivity contribution in [2.45, 2.75) is 45.4 Å². The third kappa shape index (κ3) is 4.46. The van der Waals surface area contributed by atoms with Crippen molar-refractivity contribution in [1.82, 2.24) is 0 Å². The number of anilines is 1. The molecular formula is C20H29NO4S. The van der Waals surface area contributed by atoms with Gasteiger partial charge in [0.05, 0.1) is 12.8 Å². The van der Waals surface area contributed by atoms with Crippen molar-refractivity contribution < 1.29 is 19.1 Å². The minimum atomic E-state index is -0.364. The van der Waals surface area contributed by atoms with Crippen molar-refractivity contribution in [3.8, 4) is 0 Å². The zero-order chi connectivity index (χ0) is 18.5. The lowest BCUT2D eigenvalue weighted by Crippen LogP contribution is -2.42. The summed E-state index contributed by atoms with van der Waals surface area (Å²) in [5, 5.41) is 1.87. The maximum atomic E-state index is 13.4. The van der Waals surface area contributed by atoms with Crippen molar-refractivity contribution in [1.29, 1.82) is 0 Å². The van der Waals surface area contributed by atoms with Gasteiger partial charge in [0.1, 0.15) is 4.88 Å². The Labute approximate surface area is 159 Å². The second-order valence-electron chi connectivity index (χ2n) is 7.59. The molecule has 144 valence electrons. The lowest BCUT2D eigenvalue weighted by molar-refractivity contribution is -0.123. The highest BCUT2D eigenvalue weighted by Crippen LogP contribution is 2.34. The highest BCUT2D eigenvalue weighted by molar-refractivity contribution is 7.12. The number of rotatable bonds is 5. The summed E-state index contributed by atoms with van der Waals surface area (Å²) in [6, 6.07) is 1.89. The van der Waals surface area contributed by atoms with Crippen LogP contribution in [0.5, 0.6) is 0 Å². The molecule has 1 aliphatic carbocycles. The first-order valence-corrected chi connectivity index (χ1v) is 10.5. The maximum absolute atomic E-state index is 13.4. The number of amides is 1. The molecule has 1 saturated carbocycles. The van der Waals surface area contributed by atoms with E-state index in [2.05, 4.69) is 6.92 Å². The molecule has 1 aliphatic heterocycles. The highest BCUT2D eigenvalue weighted by atomic mass is 32.1. The molecular weight excluding hydrogens is 350 g/mol. The van der Waals surface area contributed by atoms with Crippen LogP contribution in [0, 0.1) is 17.8 Å². The van der Waals surface area contributed by atoms with Crippen LogP contribution < -0.4 is 4.90 Å². The Hall–Kier alpha value is -1.40. The Morgan fingerprint density at radius 3 is 2.54 bits per heavy atom. The van der Waals surface area contributed by atoms with Gasteiger partial charge in [-0.1, -0.05) is 6.92 Å². The molecule has 2 heterocycles. The number of ether oxygens (including phenoxy) is 2. The number of hydrogen-bond donors (Lipinski definition) is 0. The summed E-state index contributed by atoms with van der Waals surface area (Å²) in [6.07, 6.45) is 6.03. The number of carbonyl (C=O) groups excluding carboxylic acids is 2. The number of thiophene rings is 1. The first-order chi connectivity index (χ1) is 12.6. The van der Waals surface area contributed by atoms with Crippen molar-refractivity contribution in [3.63, 3.8) is 0 Å². The van der Waals surface area contributed by atoms with E-state index in [0.29, 0.717) is 23.3 Å². The van der Waals surface area contributed by atoms with E-state index >= 15 is 0 Å². The third-order valence-corrected chi connectivity index (χ3v) is 6.60.